The lowest BCUT2D eigenvalue weighted by atomic mass is 9.85. The summed E-state index contributed by atoms with van der Waals surface area (Å²) >= 11 is 0. The van der Waals surface area contributed by atoms with Gasteiger partial charge in [0.1, 0.15) is 19.0 Å². The van der Waals surface area contributed by atoms with Crippen LogP contribution in [0, 0.1) is 0 Å². The van der Waals surface area contributed by atoms with Gasteiger partial charge in [0.05, 0.1) is 11.0 Å². The van der Waals surface area contributed by atoms with Crippen molar-refractivity contribution >= 4 is 16.9 Å². The highest BCUT2D eigenvalue weighted by Gasteiger charge is 2.28. The molecule has 2 heterocycles. The molecule has 2 aliphatic rings. The lowest BCUT2D eigenvalue weighted by molar-refractivity contribution is 0.0923. The summed E-state index contributed by atoms with van der Waals surface area (Å²) in [7, 11) is 2.09. The van der Waals surface area contributed by atoms with Crippen molar-refractivity contribution in [2.45, 2.75) is 37.6 Å². The molecule has 1 aliphatic carbocycles. The number of carbonyl (C=O) groups excluding carboxylic acids is 1. The van der Waals surface area contributed by atoms with E-state index in [0.29, 0.717) is 36.2 Å². The summed E-state index contributed by atoms with van der Waals surface area (Å²) in [5, 5.41) is 3.22. The van der Waals surface area contributed by atoms with Crippen LogP contribution < -0.4 is 14.8 Å². The Balaban J connectivity index is 1.30. The van der Waals surface area contributed by atoms with Crippen molar-refractivity contribution in [3.63, 3.8) is 0 Å². The maximum atomic E-state index is 12.8. The molecule has 0 bridgehead atoms. The monoisotopic (exact) mass is 391 g/mol. The molecule has 2 atom stereocenters. The Kier molecular flexibility index (Phi) is 4.62. The van der Waals surface area contributed by atoms with Crippen LogP contribution in [-0.4, -0.2) is 34.7 Å². The Morgan fingerprint density at radius 1 is 1.10 bits per heavy atom. The fraction of sp³-hybridized carbons (Fsp3) is 0.391. The van der Waals surface area contributed by atoms with Gasteiger partial charge in [-0.2, -0.15) is 0 Å². The van der Waals surface area contributed by atoms with E-state index in [2.05, 4.69) is 29.1 Å². The number of amides is 1. The highest BCUT2D eigenvalue weighted by Crippen LogP contribution is 2.34. The number of carbonyl (C=O) groups is 1. The molecule has 1 fully saturated rings. The van der Waals surface area contributed by atoms with E-state index in [9.17, 15) is 4.79 Å². The van der Waals surface area contributed by atoms with E-state index in [0.717, 1.165) is 42.5 Å². The summed E-state index contributed by atoms with van der Waals surface area (Å²) in [6, 6.07) is 13.8. The zero-order valence-corrected chi connectivity index (χ0v) is 16.6. The summed E-state index contributed by atoms with van der Waals surface area (Å²) in [6.45, 7) is 1.06. The molecular formula is C23H25N3O3. The molecule has 0 saturated heterocycles. The largest absolute Gasteiger partial charge is 0.486 e. The fourth-order valence-corrected chi connectivity index (χ4v) is 4.54. The second-order valence-corrected chi connectivity index (χ2v) is 7.91. The zero-order valence-electron chi connectivity index (χ0n) is 16.6. The maximum Gasteiger partial charge on any atom is 0.251 e. The highest BCUT2D eigenvalue weighted by molar-refractivity contribution is 5.95. The highest BCUT2D eigenvalue weighted by atomic mass is 16.6. The lowest BCUT2D eigenvalue weighted by Crippen LogP contribution is -2.38. The molecule has 1 saturated carbocycles. The number of hydrogen-bond donors (Lipinski definition) is 1. The molecule has 6 heteroatoms. The van der Waals surface area contributed by atoms with E-state index in [1.165, 1.54) is 0 Å². The SMILES string of the molecule is Cn1c(C2CCC[C@@H](NC(=O)c3ccc4c(c3)OCCO4)C2)nc2ccccc21. The second-order valence-electron chi connectivity index (χ2n) is 7.91. The fourth-order valence-electron chi connectivity index (χ4n) is 4.54. The van der Waals surface area contributed by atoms with Crippen molar-refractivity contribution in [2.24, 2.45) is 7.05 Å². The Morgan fingerprint density at radius 3 is 2.79 bits per heavy atom. The van der Waals surface area contributed by atoms with E-state index in [-0.39, 0.29) is 11.9 Å². The summed E-state index contributed by atoms with van der Waals surface area (Å²) in [5.41, 5.74) is 2.80. The van der Waals surface area contributed by atoms with Crippen molar-refractivity contribution < 1.29 is 14.3 Å². The van der Waals surface area contributed by atoms with E-state index >= 15 is 0 Å². The lowest BCUT2D eigenvalue weighted by Gasteiger charge is -2.29. The summed E-state index contributed by atoms with van der Waals surface area (Å²) in [4.78, 5) is 17.7. The van der Waals surface area contributed by atoms with Crippen molar-refractivity contribution in [2.75, 3.05) is 13.2 Å². The number of para-hydroxylation sites is 2. The van der Waals surface area contributed by atoms with Crippen molar-refractivity contribution in [1.29, 1.82) is 0 Å². The Bertz CT molecular complexity index is 1060. The number of ether oxygens (including phenoxy) is 2. The third-order valence-electron chi connectivity index (χ3n) is 6.00. The molecule has 150 valence electrons. The Hall–Kier alpha value is -3.02. The number of imidazole rings is 1. The number of fused-ring (bicyclic) bond motifs is 2. The second kappa shape index (κ2) is 7.43. The van der Waals surface area contributed by atoms with Gasteiger partial charge in [0.25, 0.3) is 5.91 Å². The number of benzene rings is 2. The van der Waals surface area contributed by atoms with Gasteiger partial charge in [0.15, 0.2) is 11.5 Å². The topological polar surface area (TPSA) is 65.4 Å². The summed E-state index contributed by atoms with van der Waals surface area (Å²) in [6.07, 6.45) is 4.09. The van der Waals surface area contributed by atoms with Crippen LogP contribution in [0.3, 0.4) is 0 Å². The minimum Gasteiger partial charge on any atom is -0.486 e. The molecule has 2 aromatic carbocycles. The van der Waals surface area contributed by atoms with E-state index in [1.54, 1.807) is 12.1 Å². The molecule has 1 aliphatic heterocycles. The van der Waals surface area contributed by atoms with Crippen LogP contribution >= 0.6 is 0 Å². The van der Waals surface area contributed by atoms with Gasteiger partial charge in [-0.3, -0.25) is 4.79 Å². The first kappa shape index (κ1) is 18.0. The van der Waals surface area contributed by atoms with E-state index in [1.807, 2.05) is 18.2 Å². The molecule has 1 N–H and O–H groups in total. The molecule has 6 nitrogen and oxygen atoms in total. The number of rotatable bonds is 3. The van der Waals surface area contributed by atoms with Crippen LogP contribution in [0.5, 0.6) is 11.5 Å². The van der Waals surface area contributed by atoms with E-state index in [4.69, 9.17) is 14.5 Å². The first-order valence-corrected chi connectivity index (χ1v) is 10.3. The van der Waals surface area contributed by atoms with Gasteiger partial charge in [0.2, 0.25) is 0 Å². The minimum absolute atomic E-state index is 0.0578. The average molecular weight is 391 g/mol. The molecule has 0 radical (unpaired) electrons. The molecule has 1 unspecified atom stereocenters. The maximum absolute atomic E-state index is 12.8. The van der Waals surface area contributed by atoms with Gasteiger partial charge in [-0.25, -0.2) is 4.98 Å². The Labute approximate surface area is 169 Å². The summed E-state index contributed by atoms with van der Waals surface area (Å²) < 4.78 is 13.3. The number of aryl methyl sites for hydroxylation is 1. The van der Waals surface area contributed by atoms with E-state index < -0.39 is 0 Å². The molecule has 5 rings (SSSR count). The van der Waals surface area contributed by atoms with Gasteiger partial charge in [-0.1, -0.05) is 18.6 Å². The minimum atomic E-state index is -0.0578. The number of nitrogens with zero attached hydrogens (tertiary/aromatic N) is 2. The molecule has 1 amide bonds. The predicted octanol–water partition coefficient (Wildman–Crippen LogP) is 3.80. The predicted molar refractivity (Wildman–Crippen MR) is 111 cm³/mol. The third-order valence-corrected chi connectivity index (χ3v) is 6.00. The van der Waals surface area contributed by atoms with Gasteiger partial charge < -0.3 is 19.4 Å². The average Bonchev–Trinajstić information content (AvgIpc) is 3.10. The Morgan fingerprint density at radius 2 is 1.93 bits per heavy atom. The van der Waals surface area contributed by atoms with Crippen molar-refractivity contribution in [3.8, 4) is 11.5 Å². The number of hydrogen-bond acceptors (Lipinski definition) is 4. The van der Waals surface area contributed by atoms with Gasteiger partial charge >= 0.3 is 0 Å². The van der Waals surface area contributed by atoms with Crippen molar-refractivity contribution in [1.82, 2.24) is 14.9 Å². The molecule has 3 aromatic rings. The third kappa shape index (κ3) is 3.43. The van der Waals surface area contributed by atoms with Crippen LogP contribution in [0.4, 0.5) is 0 Å². The van der Waals surface area contributed by atoms with Gasteiger partial charge in [-0.05, 0) is 49.6 Å². The standard InChI is InChI=1S/C23H25N3O3/c1-26-19-8-3-2-7-18(19)25-22(26)15-5-4-6-17(13-15)24-23(27)16-9-10-20-21(14-16)29-12-11-28-20/h2-3,7-10,14-15,17H,4-6,11-13H2,1H3,(H,24,27)/t15?,17-/m1/s1. The molecule has 0 spiro atoms. The first-order chi connectivity index (χ1) is 14.2. The smallest absolute Gasteiger partial charge is 0.251 e. The molecular weight excluding hydrogens is 366 g/mol. The molecule has 1 aromatic heterocycles. The quantitative estimate of drug-likeness (QED) is 0.738. The normalized spacial score (nSPS) is 21.1. The van der Waals surface area contributed by atoms with Crippen LogP contribution in [0.2, 0.25) is 0 Å². The van der Waals surface area contributed by atoms with Crippen LogP contribution in [0.25, 0.3) is 11.0 Å². The number of aromatic nitrogens is 2. The van der Waals surface area contributed by atoms with Gasteiger partial charge in [-0.15, -0.1) is 0 Å². The summed E-state index contributed by atoms with van der Waals surface area (Å²) in [5.74, 6) is 2.76. The van der Waals surface area contributed by atoms with Crippen LogP contribution in [0.15, 0.2) is 42.5 Å². The van der Waals surface area contributed by atoms with Crippen LogP contribution in [-0.2, 0) is 7.05 Å². The first-order valence-electron chi connectivity index (χ1n) is 10.3. The molecule has 29 heavy (non-hydrogen) atoms. The van der Waals surface area contributed by atoms with Gasteiger partial charge in [0, 0.05) is 24.6 Å². The van der Waals surface area contributed by atoms with Crippen LogP contribution in [0.1, 0.15) is 47.8 Å². The van der Waals surface area contributed by atoms with Crippen molar-refractivity contribution in [3.05, 3.63) is 53.9 Å². The number of nitrogens with one attached hydrogen (secondary N) is 1. The zero-order chi connectivity index (χ0) is 19.8.